The van der Waals surface area contributed by atoms with Gasteiger partial charge in [0.1, 0.15) is 5.60 Å². The Balaban J connectivity index is 3.97. The third-order valence-corrected chi connectivity index (χ3v) is 1.57. The van der Waals surface area contributed by atoms with Crippen molar-refractivity contribution in [2.75, 3.05) is 0 Å². The monoisotopic (exact) mass is 247 g/mol. The number of carboxylic acid groups (broad SMARTS) is 1. The van der Waals surface area contributed by atoms with Gasteiger partial charge in [-0.05, 0) is 34.6 Å². The van der Waals surface area contributed by atoms with Crippen LogP contribution in [0.5, 0.6) is 0 Å². The van der Waals surface area contributed by atoms with Gasteiger partial charge in [0.05, 0.1) is 12.3 Å². The Morgan fingerprint density at radius 1 is 1.12 bits per heavy atom. The van der Waals surface area contributed by atoms with Crippen LogP contribution < -0.4 is 16.0 Å². The molecule has 17 heavy (non-hydrogen) atoms. The predicted molar refractivity (Wildman–Crippen MR) is 62.6 cm³/mol. The first-order valence-electron chi connectivity index (χ1n) is 5.35. The van der Waals surface area contributed by atoms with Gasteiger partial charge in [0, 0.05) is 0 Å². The fourth-order valence-electron chi connectivity index (χ4n) is 1.13. The molecular formula is C10H21N3O4. The highest BCUT2D eigenvalue weighted by Gasteiger charge is 2.18. The third kappa shape index (κ3) is 9.43. The van der Waals surface area contributed by atoms with Crippen LogP contribution in [0.2, 0.25) is 0 Å². The minimum atomic E-state index is -1.13. The van der Waals surface area contributed by atoms with Crippen molar-refractivity contribution in [3.63, 3.8) is 0 Å². The number of hydrogen-bond acceptors (Lipinski definition) is 4. The summed E-state index contributed by atoms with van der Waals surface area (Å²) >= 11 is 0. The molecule has 0 fully saturated rings. The lowest BCUT2D eigenvalue weighted by Gasteiger charge is -2.24. The van der Waals surface area contributed by atoms with E-state index in [0.29, 0.717) is 0 Å². The molecule has 0 rings (SSSR count). The molecule has 0 bridgehead atoms. The van der Waals surface area contributed by atoms with Gasteiger partial charge in [-0.15, -0.1) is 0 Å². The van der Waals surface area contributed by atoms with Gasteiger partial charge >= 0.3 is 12.2 Å². The highest BCUT2D eigenvalue weighted by Crippen LogP contribution is 2.06. The number of carbonyl (C=O) groups excluding carboxylic acids is 1. The largest absolute Gasteiger partial charge is 0.465 e. The van der Waals surface area contributed by atoms with E-state index in [2.05, 4.69) is 16.0 Å². The Morgan fingerprint density at radius 2 is 1.59 bits per heavy atom. The van der Waals surface area contributed by atoms with Crippen molar-refractivity contribution in [2.24, 2.45) is 0 Å². The van der Waals surface area contributed by atoms with Crippen LogP contribution in [-0.4, -0.2) is 35.2 Å². The maximum atomic E-state index is 11.4. The molecular weight excluding hydrogens is 226 g/mol. The predicted octanol–water partition coefficient (Wildman–Crippen LogP) is 1.06. The van der Waals surface area contributed by atoms with Crippen LogP contribution in [0.1, 0.15) is 34.6 Å². The number of amides is 2. The number of ether oxygens (including phenoxy) is 1. The molecule has 0 spiro atoms. The zero-order chi connectivity index (χ0) is 13.6. The molecule has 0 aromatic carbocycles. The second-order valence-electron chi connectivity index (χ2n) is 4.71. The molecule has 0 heterocycles. The second-order valence-corrected chi connectivity index (χ2v) is 4.71. The first kappa shape index (κ1) is 15.5. The minimum absolute atomic E-state index is 0.410. The summed E-state index contributed by atoms with van der Waals surface area (Å²) in [7, 11) is 0. The maximum absolute atomic E-state index is 11.4. The Kier molecular flexibility index (Phi) is 5.73. The van der Waals surface area contributed by atoms with Gasteiger partial charge in [-0.3, -0.25) is 5.32 Å². The van der Waals surface area contributed by atoms with Gasteiger partial charge in [0.2, 0.25) is 0 Å². The number of rotatable bonds is 4. The summed E-state index contributed by atoms with van der Waals surface area (Å²) < 4.78 is 5.04. The average Bonchev–Trinajstić information content (AvgIpc) is 1.95. The Labute approximate surface area is 101 Å². The molecule has 2 amide bonds. The summed E-state index contributed by atoms with van der Waals surface area (Å²) in [6.45, 7) is 8.60. The normalized spacial score (nSPS) is 14.6. The first-order chi connectivity index (χ1) is 7.60. The standard InChI is InChI=1S/C10H21N3O4/c1-6(12-8(14)15)11-7(2)13-9(16)17-10(3,4)5/h6-7,11-12H,1-5H3,(H,13,16)(H,14,15). The second kappa shape index (κ2) is 6.29. The molecule has 0 aromatic rings. The van der Waals surface area contributed by atoms with Gasteiger partial charge in [0.15, 0.2) is 0 Å². The van der Waals surface area contributed by atoms with E-state index in [0.717, 1.165) is 0 Å². The van der Waals surface area contributed by atoms with E-state index in [4.69, 9.17) is 9.84 Å². The molecule has 100 valence electrons. The minimum Gasteiger partial charge on any atom is -0.465 e. The highest BCUT2D eigenvalue weighted by molar-refractivity contribution is 5.68. The van der Waals surface area contributed by atoms with E-state index in [1.54, 1.807) is 34.6 Å². The van der Waals surface area contributed by atoms with E-state index in [1.807, 2.05) is 0 Å². The van der Waals surface area contributed by atoms with Gasteiger partial charge < -0.3 is 20.5 Å². The molecule has 0 saturated heterocycles. The molecule has 0 radical (unpaired) electrons. The molecule has 0 aliphatic rings. The van der Waals surface area contributed by atoms with Crippen LogP contribution in [-0.2, 0) is 4.74 Å². The lowest BCUT2D eigenvalue weighted by Crippen LogP contribution is -2.53. The van der Waals surface area contributed by atoms with Crippen LogP contribution in [0.15, 0.2) is 0 Å². The quantitative estimate of drug-likeness (QED) is 0.557. The van der Waals surface area contributed by atoms with E-state index in [-0.39, 0.29) is 0 Å². The van der Waals surface area contributed by atoms with Crippen molar-refractivity contribution >= 4 is 12.2 Å². The first-order valence-corrected chi connectivity index (χ1v) is 5.35. The zero-order valence-corrected chi connectivity index (χ0v) is 10.8. The highest BCUT2D eigenvalue weighted by atomic mass is 16.6. The zero-order valence-electron chi connectivity index (χ0n) is 10.8. The molecule has 2 unspecified atom stereocenters. The van der Waals surface area contributed by atoms with E-state index >= 15 is 0 Å². The van der Waals surface area contributed by atoms with E-state index < -0.39 is 30.1 Å². The van der Waals surface area contributed by atoms with Crippen LogP contribution in [0, 0.1) is 0 Å². The molecule has 7 nitrogen and oxygen atoms in total. The summed E-state index contributed by atoms with van der Waals surface area (Å²) in [6.07, 6.45) is -2.57. The van der Waals surface area contributed by atoms with Crippen molar-refractivity contribution in [3.8, 4) is 0 Å². The van der Waals surface area contributed by atoms with Crippen LogP contribution >= 0.6 is 0 Å². The van der Waals surface area contributed by atoms with Crippen molar-refractivity contribution in [3.05, 3.63) is 0 Å². The van der Waals surface area contributed by atoms with Gasteiger partial charge in [-0.25, -0.2) is 9.59 Å². The van der Waals surface area contributed by atoms with Crippen molar-refractivity contribution in [2.45, 2.75) is 52.6 Å². The van der Waals surface area contributed by atoms with Gasteiger partial charge in [0.25, 0.3) is 0 Å². The van der Waals surface area contributed by atoms with Gasteiger partial charge in [-0.1, -0.05) is 0 Å². The molecule has 4 N–H and O–H groups in total. The van der Waals surface area contributed by atoms with Crippen molar-refractivity contribution in [1.29, 1.82) is 0 Å². The van der Waals surface area contributed by atoms with Crippen molar-refractivity contribution in [1.82, 2.24) is 16.0 Å². The van der Waals surface area contributed by atoms with E-state index in [1.165, 1.54) is 0 Å². The number of nitrogens with one attached hydrogen (secondary N) is 3. The van der Waals surface area contributed by atoms with Crippen LogP contribution in [0.4, 0.5) is 9.59 Å². The van der Waals surface area contributed by atoms with E-state index in [9.17, 15) is 9.59 Å². The van der Waals surface area contributed by atoms with Crippen LogP contribution in [0.25, 0.3) is 0 Å². The lowest BCUT2D eigenvalue weighted by atomic mass is 10.2. The Hall–Kier alpha value is -1.50. The van der Waals surface area contributed by atoms with Crippen molar-refractivity contribution < 1.29 is 19.4 Å². The average molecular weight is 247 g/mol. The molecule has 2 atom stereocenters. The SMILES string of the molecule is CC(NC(=O)O)NC(C)NC(=O)OC(C)(C)C. The molecule has 0 aromatic heterocycles. The maximum Gasteiger partial charge on any atom is 0.408 e. The molecule has 0 aliphatic heterocycles. The smallest absolute Gasteiger partial charge is 0.408 e. The Bertz CT molecular complexity index is 275. The summed E-state index contributed by atoms with van der Waals surface area (Å²) in [5, 5.41) is 16.0. The van der Waals surface area contributed by atoms with Gasteiger partial charge in [-0.2, -0.15) is 0 Å². The summed E-state index contributed by atoms with van der Waals surface area (Å²) in [5.74, 6) is 0. The fraction of sp³-hybridized carbons (Fsp3) is 0.800. The summed E-state index contributed by atoms with van der Waals surface area (Å²) in [6, 6.07) is 0. The number of alkyl carbamates (subject to hydrolysis) is 1. The Morgan fingerprint density at radius 3 is 2.00 bits per heavy atom. The fourth-order valence-corrected chi connectivity index (χ4v) is 1.13. The topological polar surface area (TPSA) is 99.7 Å². The molecule has 7 heteroatoms. The lowest BCUT2D eigenvalue weighted by molar-refractivity contribution is 0.0496. The number of carbonyl (C=O) groups is 2. The number of hydrogen-bond donors (Lipinski definition) is 4. The third-order valence-electron chi connectivity index (χ3n) is 1.57. The molecule has 0 aliphatic carbocycles. The summed E-state index contributed by atoms with van der Waals surface area (Å²) in [5.41, 5.74) is -0.561. The van der Waals surface area contributed by atoms with Crippen LogP contribution in [0.3, 0.4) is 0 Å². The summed E-state index contributed by atoms with van der Waals surface area (Å²) in [4.78, 5) is 21.7. The molecule has 0 saturated carbocycles.